The zero-order valence-electron chi connectivity index (χ0n) is 18.1. The molecule has 6 nitrogen and oxygen atoms in total. The highest BCUT2D eigenvalue weighted by molar-refractivity contribution is 7.86. The van der Waals surface area contributed by atoms with Crippen molar-refractivity contribution in [1.29, 1.82) is 0 Å². The van der Waals surface area contributed by atoms with Gasteiger partial charge in [0.05, 0.1) is 0 Å². The molecular weight excluding hydrogens is 472 g/mol. The first-order chi connectivity index (χ1) is 16.3. The molecule has 34 heavy (non-hydrogen) atoms. The molecule has 0 heterocycles. The van der Waals surface area contributed by atoms with Crippen molar-refractivity contribution in [2.45, 2.75) is 11.5 Å². The first-order valence-electron chi connectivity index (χ1n) is 10.4. The van der Waals surface area contributed by atoms with Gasteiger partial charge in [-0.2, -0.15) is 16.8 Å². The highest BCUT2D eigenvalue weighted by atomic mass is 32.2. The Balaban J connectivity index is 1.63. The molecule has 0 aliphatic rings. The van der Waals surface area contributed by atoms with Gasteiger partial charge in [-0.05, 0) is 23.3 Å². The van der Waals surface area contributed by atoms with E-state index in [-0.39, 0.29) is 23.0 Å². The van der Waals surface area contributed by atoms with Crippen LogP contribution >= 0.6 is 0 Å². The molecule has 174 valence electrons. The minimum Gasteiger partial charge on any atom is -0.382 e. The van der Waals surface area contributed by atoms with E-state index in [1.54, 1.807) is 97.1 Å². The van der Waals surface area contributed by atoms with Crippen molar-refractivity contribution in [2.24, 2.45) is 0 Å². The summed E-state index contributed by atoms with van der Waals surface area (Å²) in [5, 5.41) is 0. The lowest BCUT2D eigenvalue weighted by atomic mass is 10.0. The van der Waals surface area contributed by atoms with Gasteiger partial charge in [-0.1, -0.05) is 97.1 Å². The van der Waals surface area contributed by atoms with Gasteiger partial charge in [0.15, 0.2) is 11.5 Å². The van der Waals surface area contributed by atoms with Crippen LogP contribution in [0.5, 0.6) is 11.5 Å². The van der Waals surface area contributed by atoms with Crippen LogP contribution in [0.15, 0.2) is 109 Å². The van der Waals surface area contributed by atoms with Gasteiger partial charge in [0.2, 0.25) is 0 Å². The lowest BCUT2D eigenvalue weighted by Crippen LogP contribution is -2.14. The second-order valence-electron chi connectivity index (χ2n) is 7.53. The Kier molecular flexibility index (Phi) is 7.00. The Morgan fingerprint density at radius 3 is 1.15 bits per heavy atom. The first-order valence-corrected chi connectivity index (χ1v) is 13.6. The summed E-state index contributed by atoms with van der Waals surface area (Å²) in [7, 11) is -7.93. The van der Waals surface area contributed by atoms with Crippen molar-refractivity contribution in [3.8, 4) is 22.6 Å². The van der Waals surface area contributed by atoms with Gasteiger partial charge in [-0.3, -0.25) is 0 Å². The quantitative estimate of drug-likeness (QED) is 0.298. The summed E-state index contributed by atoms with van der Waals surface area (Å²) in [5.41, 5.74) is 1.97. The predicted octanol–water partition coefficient (Wildman–Crippen LogP) is 5.17. The number of hydrogen-bond acceptors (Lipinski definition) is 6. The third kappa shape index (κ3) is 6.24. The van der Waals surface area contributed by atoms with Crippen LogP contribution < -0.4 is 8.37 Å². The molecule has 0 spiro atoms. The van der Waals surface area contributed by atoms with Gasteiger partial charge < -0.3 is 8.37 Å². The highest BCUT2D eigenvalue weighted by Crippen LogP contribution is 2.37. The predicted molar refractivity (Wildman–Crippen MR) is 131 cm³/mol. The molecule has 0 saturated carbocycles. The van der Waals surface area contributed by atoms with Gasteiger partial charge in [0.25, 0.3) is 0 Å². The van der Waals surface area contributed by atoms with E-state index >= 15 is 0 Å². The van der Waals surface area contributed by atoms with Crippen LogP contribution in [0.25, 0.3) is 11.1 Å². The molecule has 0 aromatic heterocycles. The summed E-state index contributed by atoms with van der Waals surface area (Å²) >= 11 is 0. The maximum atomic E-state index is 12.7. The molecular formula is C26H22O6S2. The Bertz CT molecular complexity index is 1350. The van der Waals surface area contributed by atoms with Crippen molar-refractivity contribution in [3.05, 3.63) is 120 Å². The SMILES string of the molecule is O=S(=O)(Cc1ccccc1)Oc1ccccc1-c1ccccc1OS(=O)(=O)Cc1ccccc1. The second kappa shape index (κ2) is 10.1. The van der Waals surface area contributed by atoms with E-state index in [1.165, 1.54) is 12.1 Å². The highest BCUT2D eigenvalue weighted by Gasteiger charge is 2.21. The third-order valence-corrected chi connectivity index (χ3v) is 7.11. The molecule has 0 aliphatic heterocycles. The fraction of sp³-hybridized carbons (Fsp3) is 0.0769. The van der Waals surface area contributed by atoms with Crippen LogP contribution in [0.3, 0.4) is 0 Å². The number of benzene rings is 4. The molecule has 0 amide bonds. The fourth-order valence-electron chi connectivity index (χ4n) is 3.41. The first kappa shape index (κ1) is 23.5. The van der Waals surface area contributed by atoms with E-state index in [2.05, 4.69) is 0 Å². The summed E-state index contributed by atoms with van der Waals surface area (Å²) < 4.78 is 61.8. The molecule has 8 heteroatoms. The summed E-state index contributed by atoms with van der Waals surface area (Å²) in [5.74, 6) is -0.442. The minimum absolute atomic E-state index is 0.0786. The summed E-state index contributed by atoms with van der Waals surface area (Å²) in [6.45, 7) is 0. The van der Waals surface area contributed by atoms with Crippen LogP contribution in [0.2, 0.25) is 0 Å². The molecule has 0 unspecified atom stereocenters. The van der Waals surface area contributed by atoms with Gasteiger partial charge >= 0.3 is 20.2 Å². The van der Waals surface area contributed by atoms with Gasteiger partial charge in [0, 0.05) is 11.1 Å². The smallest absolute Gasteiger partial charge is 0.313 e. The van der Waals surface area contributed by atoms with Crippen molar-refractivity contribution >= 4 is 20.2 Å². The van der Waals surface area contributed by atoms with Crippen molar-refractivity contribution < 1.29 is 25.2 Å². The monoisotopic (exact) mass is 494 g/mol. The van der Waals surface area contributed by atoms with E-state index in [0.717, 1.165) is 0 Å². The summed E-state index contributed by atoms with van der Waals surface area (Å²) in [6.07, 6.45) is 0. The zero-order chi connectivity index (χ0) is 24.0. The van der Waals surface area contributed by atoms with Crippen LogP contribution in [0.4, 0.5) is 0 Å². The molecule has 0 saturated heterocycles. The summed E-state index contributed by atoms with van der Waals surface area (Å²) in [6, 6.07) is 30.5. The third-order valence-electron chi connectivity index (χ3n) is 4.87. The topological polar surface area (TPSA) is 86.7 Å². The minimum atomic E-state index is -3.97. The van der Waals surface area contributed by atoms with Crippen LogP contribution in [0.1, 0.15) is 11.1 Å². The Morgan fingerprint density at radius 2 is 0.765 bits per heavy atom. The largest absolute Gasteiger partial charge is 0.382 e. The Labute approximate surface area is 199 Å². The molecule has 0 bridgehead atoms. The van der Waals surface area contributed by atoms with Gasteiger partial charge in [0.1, 0.15) is 11.5 Å². The van der Waals surface area contributed by atoms with Gasteiger partial charge in [-0.25, -0.2) is 0 Å². The second-order valence-corrected chi connectivity index (χ2v) is 10.7. The van der Waals surface area contributed by atoms with E-state index in [9.17, 15) is 16.8 Å². The van der Waals surface area contributed by atoms with Gasteiger partial charge in [-0.15, -0.1) is 0 Å². The van der Waals surface area contributed by atoms with Crippen molar-refractivity contribution in [3.63, 3.8) is 0 Å². The van der Waals surface area contributed by atoms with Crippen molar-refractivity contribution in [2.75, 3.05) is 0 Å². The Hall–Kier alpha value is -3.62. The molecule has 0 aliphatic carbocycles. The fourth-order valence-corrected chi connectivity index (χ4v) is 5.57. The number of hydrogen-bond donors (Lipinski definition) is 0. The molecule has 0 atom stereocenters. The molecule has 0 fully saturated rings. The molecule has 4 aromatic rings. The van der Waals surface area contributed by atoms with E-state index in [4.69, 9.17) is 8.37 Å². The lowest BCUT2D eigenvalue weighted by molar-refractivity contribution is 0.480. The van der Waals surface area contributed by atoms with E-state index < -0.39 is 20.2 Å². The number of para-hydroxylation sites is 2. The lowest BCUT2D eigenvalue weighted by Gasteiger charge is -2.15. The average molecular weight is 495 g/mol. The zero-order valence-corrected chi connectivity index (χ0v) is 19.7. The van der Waals surface area contributed by atoms with Crippen LogP contribution in [-0.2, 0) is 31.7 Å². The normalized spacial score (nSPS) is 11.6. The molecule has 4 rings (SSSR count). The average Bonchev–Trinajstić information content (AvgIpc) is 2.80. The van der Waals surface area contributed by atoms with E-state index in [1.807, 2.05) is 0 Å². The summed E-state index contributed by atoms with van der Waals surface area (Å²) in [4.78, 5) is 0. The molecule has 0 radical (unpaired) electrons. The van der Waals surface area contributed by atoms with Crippen LogP contribution in [0, 0.1) is 0 Å². The Morgan fingerprint density at radius 1 is 0.441 bits per heavy atom. The molecule has 4 aromatic carbocycles. The maximum absolute atomic E-state index is 12.7. The van der Waals surface area contributed by atoms with Crippen molar-refractivity contribution in [1.82, 2.24) is 0 Å². The number of rotatable bonds is 9. The maximum Gasteiger partial charge on any atom is 0.313 e. The standard InChI is InChI=1S/C26H22O6S2/c27-33(28,19-21-11-3-1-4-12-21)31-25-17-9-7-15-23(25)24-16-8-10-18-26(24)32-34(29,30)20-22-13-5-2-6-14-22/h1-18H,19-20H2. The van der Waals surface area contributed by atoms with Crippen LogP contribution in [-0.4, -0.2) is 16.8 Å². The molecule has 0 N–H and O–H groups in total. The van der Waals surface area contributed by atoms with E-state index in [0.29, 0.717) is 22.3 Å².